The van der Waals surface area contributed by atoms with Gasteiger partial charge in [-0.3, -0.25) is 0 Å². The van der Waals surface area contributed by atoms with Crippen LogP contribution in [0.2, 0.25) is 0 Å². The fourth-order valence-electron chi connectivity index (χ4n) is 2.05. The second kappa shape index (κ2) is 8.88. The van der Waals surface area contributed by atoms with Gasteiger partial charge in [-0.15, -0.1) is 0 Å². The summed E-state index contributed by atoms with van der Waals surface area (Å²) >= 11 is 0. The second-order valence-electron chi connectivity index (χ2n) is 4.75. The van der Waals surface area contributed by atoms with Gasteiger partial charge in [0.05, 0.1) is 7.11 Å². The number of hydrogen-bond donors (Lipinski definition) is 2. The van der Waals surface area contributed by atoms with Gasteiger partial charge >= 0.3 is 0 Å². The van der Waals surface area contributed by atoms with E-state index in [1.165, 1.54) is 7.11 Å². The predicted octanol–water partition coefficient (Wildman–Crippen LogP) is 2.21. The molecule has 0 aliphatic rings. The first-order chi connectivity index (χ1) is 9.21. The van der Waals surface area contributed by atoms with Crippen molar-refractivity contribution >= 4 is 0 Å². The Labute approximate surface area is 115 Å². The van der Waals surface area contributed by atoms with E-state index < -0.39 is 0 Å². The van der Waals surface area contributed by atoms with Crippen LogP contribution in [0.4, 0.5) is 4.39 Å². The molecule has 108 valence electrons. The molecule has 19 heavy (non-hydrogen) atoms. The molecule has 0 radical (unpaired) electrons. The van der Waals surface area contributed by atoms with Crippen molar-refractivity contribution in [2.24, 2.45) is 5.92 Å². The molecule has 1 aromatic carbocycles. The third kappa shape index (κ3) is 5.57. The molecule has 0 aromatic heterocycles. The number of hydrogen-bond acceptors (Lipinski definition) is 3. The minimum Gasteiger partial charge on any atom is -0.494 e. The molecule has 0 fully saturated rings. The standard InChI is InChI=1S/C15H25FN2O/c1-4-12(10-17-2)11-18-8-7-13-5-6-15(19-3)14(16)9-13/h5-6,9,12,17-18H,4,7-8,10-11H2,1-3H3. The van der Waals surface area contributed by atoms with Crippen LogP contribution in [0.3, 0.4) is 0 Å². The van der Waals surface area contributed by atoms with Crippen molar-refractivity contribution in [2.75, 3.05) is 33.8 Å². The van der Waals surface area contributed by atoms with Crippen molar-refractivity contribution in [3.05, 3.63) is 29.6 Å². The van der Waals surface area contributed by atoms with Crippen LogP contribution in [0.1, 0.15) is 18.9 Å². The van der Waals surface area contributed by atoms with E-state index in [9.17, 15) is 4.39 Å². The van der Waals surface area contributed by atoms with Crippen molar-refractivity contribution in [3.8, 4) is 5.75 Å². The van der Waals surface area contributed by atoms with Gasteiger partial charge in [-0.1, -0.05) is 19.4 Å². The Balaban J connectivity index is 2.31. The molecule has 1 atom stereocenters. The molecule has 0 aliphatic heterocycles. The Kier molecular flexibility index (Phi) is 7.45. The normalized spacial score (nSPS) is 12.4. The van der Waals surface area contributed by atoms with Crippen molar-refractivity contribution in [2.45, 2.75) is 19.8 Å². The predicted molar refractivity (Wildman–Crippen MR) is 77.2 cm³/mol. The summed E-state index contributed by atoms with van der Waals surface area (Å²) in [6, 6.07) is 5.14. The van der Waals surface area contributed by atoms with Gasteiger partial charge in [0.1, 0.15) is 0 Å². The molecular weight excluding hydrogens is 243 g/mol. The fraction of sp³-hybridized carbons (Fsp3) is 0.600. The highest BCUT2D eigenvalue weighted by molar-refractivity contribution is 5.29. The summed E-state index contributed by atoms with van der Waals surface area (Å²) < 4.78 is 18.4. The minimum absolute atomic E-state index is 0.290. The van der Waals surface area contributed by atoms with E-state index in [0.29, 0.717) is 11.7 Å². The topological polar surface area (TPSA) is 33.3 Å². The van der Waals surface area contributed by atoms with E-state index in [-0.39, 0.29) is 5.82 Å². The molecular formula is C15H25FN2O. The number of methoxy groups -OCH3 is 1. The number of nitrogens with one attached hydrogen (secondary N) is 2. The quantitative estimate of drug-likeness (QED) is 0.674. The van der Waals surface area contributed by atoms with E-state index in [1.807, 2.05) is 13.1 Å². The Morgan fingerprint density at radius 1 is 1.32 bits per heavy atom. The summed E-state index contributed by atoms with van der Waals surface area (Å²) in [5.41, 5.74) is 0.993. The van der Waals surface area contributed by atoms with Gasteiger partial charge in [0.2, 0.25) is 0 Å². The van der Waals surface area contributed by atoms with Crippen LogP contribution < -0.4 is 15.4 Å². The third-order valence-corrected chi connectivity index (χ3v) is 3.31. The Morgan fingerprint density at radius 2 is 2.11 bits per heavy atom. The van der Waals surface area contributed by atoms with Crippen LogP contribution in [0.5, 0.6) is 5.75 Å². The summed E-state index contributed by atoms with van der Waals surface area (Å²) in [6.07, 6.45) is 1.99. The average Bonchev–Trinajstić information content (AvgIpc) is 2.42. The zero-order valence-electron chi connectivity index (χ0n) is 12.1. The Hall–Kier alpha value is -1.13. The molecule has 4 heteroatoms. The molecule has 0 aliphatic carbocycles. The lowest BCUT2D eigenvalue weighted by Crippen LogP contribution is -2.30. The number of benzene rings is 1. The maximum Gasteiger partial charge on any atom is 0.165 e. The highest BCUT2D eigenvalue weighted by atomic mass is 19.1. The van der Waals surface area contributed by atoms with Crippen molar-refractivity contribution in [1.82, 2.24) is 10.6 Å². The van der Waals surface area contributed by atoms with E-state index >= 15 is 0 Å². The van der Waals surface area contributed by atoms with Gasteiger partial charge in [0.15, 0.2) is 11.6 Å². The molecule has 0 saturated heterocycles. The lowest BCUT2D eigenvalue weighted by atomic mass is 10.1. The van der Waals surface area contributed by atoms with E-state index in [1.54, 1.807) is 12.1 Å². The molecule has 3 nitrogen and oxygen atoms in total. The van der Waals surface area contributed by atoms with E-state index in [4.69, 9.17) is 4.74 Å². The van der Waals surface area contributed by atoms with Crippen molar-refractivity contribution in [1.29, 1.82) is 0 Å². The van der Waals surface area contributed by atoms with Crippen molar-refractivity contribution < 1.29 is 9.13 Å². The molecule has 0 spiro atoms. The van der Waals surface area contributed by atoms with Gasteiger partial charge in [0, 0.05) is 0 Å². The number of halogens is 1. The molecule has 0 heterocycles. The maximum atomic E-state index is 13.5. The fourth-order valence-corrected chi connectivity index (χ4v) is 2.05. The van der Waals surface area contributed by atoms with E-state index in [2.05, 4.69) is 17.6 Å². The first kappa shape index (κ1) is 15.9. The lowest BCUT2D eigenvalue weighted by Gasteiger charge is -2.15. The number of ether oxygens (including phenoxy) is 1. The van der Waals surface area contributed by atoms with Crippen LogP contribution in [0.25, 0.3) is 0 Å². The monoisotopic (exact) mass is 268 g/mol. The van der Waals surface area contributed by atoms with Crippen LogP contribution in [-0.4, -0.2) is 33.8 Å². The smallest absolute Gasteiger partial charge is 0.165 e. The van der Waals surface area contributed by atoms with Gasteiger partial charge < -0.3 is 15.4 Å². The lowest BCUT2D eigenvalue weighted by molar-refractivity contribution is 0.386. The molecule has 1 rings (SSSR count). The molecule has 2 N–H and O–H groups in total. The van der Waals surface area contributed by atoms with Gasteiger partial charge in [-0.05, 0) is 56.7 Å². The van der Waals surface area contributed by atoms with Gasteiger partial charge in [-0.25, -0.2) is 4.39 Å². The highest BCUT2D eigenvalue weighted by Gasteiger charge is 2.05. The Morgan fingerprint density at radius 3 is 2.68 bits per heavy atom. The second-order valence-corrected chi connectivity index (χ2v) is 4.75. The number of rotatable bonds is 9. The Bertz CT molecular complexity index is 371. The molecule has 0 bridgehead atoms. The summed E-state index contributed by atoms with van der Waals surface area (Å²) in [5, 5.41) is 6.62. The van der Waals surface area contributed by atoms with Crippen LogP contribution in [-0.2, 0) is 6.42 Å². The van der Waals surface area contributed by atoms with Crippen molar-refractivity contribution in [3.63, 3.8) is 0 Å². The molecule has 0 amide bonds. The summed E-state index contributed by atoms with van der Waals surface area (Å²) in [4.78, 5) is 0. The molecule has 1 aromatic rings. The average molecular weight is 268 g/mol. The van der Waals surface area contributed by atoms with Gasteiger partial charge in [-0.2, -0.15) is 0 Å². The molecule has 1 unspecified atom stereocenters. The first-order valence-electron chi connectivity index (χ1n) is 6.89. The summed E-state index contributed by atoms with van der Waals surface area (Å²) in [7, 11) is 3.45. The largest absolute Gasteiger partial charge is 0.494 e. The zero-order chi connectivity index (χ0) is 14.1. The summed E-state index contributed by atoms with van der Waals surface area (Å²) in [6.45, 7) is 5.09. The maximum absolute atomic E-state index is 13.5. The van der Waals surface area contributed by atoms with Gasteiger partial charge in [0.25, 0.3) is 0 Å². The highest BCUT2D eigenvalue weighted by Crippen LogP contribution is 2.17. The zero-order valence-corrected chi connectivity index (χ0v) is 12.1. The SMILES string of the molecule is CCC(CNC)CNCCc1ccc(OC)c(F)c1. The van der Waals surface area contributed by atoms with Crippen LogP contribution in [0.15, 0.2) is 18.2 Å². The first-order valence-corrected chi connectivity index (χ1v) is 6.89. The summed E-state index contributed by atoms with van der Waals surface area (Å²) in [5.74, 6) is 0.663. The minimum atomic E-state index is -0.290. The third-order valence-electron chi connectivity index (χ3n) is 3.31. The van der Waals surface area contributed by atoms with Crippen LogP contribution in [0, 0.1) is 11.7 Å². The molecule has 0 saturated carbocycles. The van der Waals surface area contributed by atoms with Crippen LogP contribution >= 0.6 is 0 Å². The van der Waals surface area contributed by atoms with E-state index in [0.717, 1.165) is 38.0 Å².